The lowest BCUT2D eigenvalue weighted by Gasteiger charge is -2.69. The van der Waals surface area contributed by atoms with Crippen molar-refractivity contribution in [1.82, 2.24) is 9.55 Å². The van der Waals surface area contributed by atoms with E-state index in [1.165, 1.54) is 5.57 Å². The number of ketones is 2. The van der Waals surface area contributed by atoms with E-state index >= 15 is 0 Å². The molecule has 0 amide bonds. The molecule has 232 valence electrons. The minimum Gasteiger partial charge on any atom is -0.298 e. The first-order chi connectivity index (χ1) is 20.6. The molecule has 8 atom stereocenters. The molecule has 1 heterocycles. The van der Waals surface area contributed by atoms with Gasteiger partial charge in [0.05, 0.1) is 22.5 Å². The van der Waals surface area contributed by atoms with Crippen LogP contribution in [0, 0.1) is 67.5 Å². The number of para-hydroxylation sites is 2. The van der Waals surface area contributed by atoms with Gasteiger partial charge >= 0.3 is 0 Å². The highest BCUT2D eigenvalue weighted by molar-refractivity contribution is 5.98. The molecule has 5 aliphatic carbocycles. The van der Waals surface area contributed by atoms with Crippen molar-refractivity contribution in [2.75, 3.05) is 0 Å². The average Bonchev–Trinajstić information content (AvgIpc) is 3.40. The van der Waals surface area contributed by atoms with Crippen LogP contribution >= 0.6 is 0 Å². The number of aromatic nitrogens is 2. The topological polar surface area (TPSA) is 92.8 Å². The molecule has 0 N–H and O–H groups in total. The van der Waals surface area contributed by atoms with Gasteiger partial charge in [0.25, 0.3) is 0 Å². The predicted octanol–water partition coefficient (Wildman–Crippen LogP) is 7.98. The largest absolute Gasteiger partial charge is 0.298 e. The number of rotatable bonds is 1. The molecule has 3 unspecified atom stereocenters. The smallest absolute Gasteiger partial charge is 0.238 e. The van der Waals surface area contributed by atoms with Crippen LogP contribution in [0.25, 0.3) is 11.0 Å². The Kier molecular flexibility index (Phi) is 6.07. The van der Waals surface area contributed by atoms with E-state index in [2.05, 4.69) is 45.7 Å². The Labute approximate surface area is 261 Å². The molecule has 1 aromatic heterocycles. The van der Waals surface area contributed by atoms with Gasteiger partial charge in [-0.25, -0.2) is 4.98 Å². The summed E-state index contributed by atoms with van der Waals surface area (Å²) in [6.07, 6.45) is 10.1. The van der Waals surface area contributed by atoms with Crippen LogP contribution in [0.3, 0.4) is 0 Å². The van der Waals surface area contributed by atoms with Gasteiger partial charge in [-0.2, -0.15) is 5.26 Å². The number of carbonyl (C=O) groups excluding carboxylic acids is 3. The maximum absolute atomic E-state index is 14.8. The Bertz CT molecular complexity index is 1690. The zero-order chi connectivity index (χ0) is 31.7. The lowest BCUT2D eigenvalue weighted by molar-refractivity contribution is -0.171. The Morgan fingerprint density at radius 1 is 0.955 bits per heavy atom. The molecule has 6 nitrogen and oxygen atoms in total. The molecule has 4 saturated carbocycles. The second-order valence-corrected chi connectivity index (χ2v) is 17.2. The maximum Gasteiger partial charge on any atom is 0.238 e. The van der Waals surface area contributed by atoms with Crippen LogP contribution < -0.4 is 0 Å². The van der Waals surface area contributed by atoms with E-state index in [4.69, 9.17) is 0 Å². The van der Waals surface area contributed by atoms with Gasteiger partial charge in [-0.05, 0) is 103 Å². The van der Waals surface area contributed by atoms with Crippen molar-refractivity contribution in [3.8, 4) is 6.07 Å². The molecular weight excluding hydrogens is 546 g/mol. The van der Waals surface area contributed by atoms with Crippen molar-refractivity contribution in [2.45, 2.75) is 99.8 Å². The van der Waals surface area contributed by atoms with Gasteiger partial charge in [0, 0.05) is 11.3 Å². The lowest BCUT2D eigenvalue weighted by Crippen LogP contribution is -2.66. The molecule has 7 rings (SSSR count). The zero-order valence-corrected chi connectivity index (χ0v) is 27.5. The molecular formula is C38H47N3O3. The van der Waals surface area contributed by atoms with E-state index in [-0.39, 0.29) is 51.5 Å². The molecule has 6 heteroatoms. The maximum atomic E-state index is 14.8. The number of allylic oxidation sites excluding steroid dienone is 2. The number of benzene rings is 1. The average molecular weight is 594 g/mol. The highest BCUT2D eigenvalue weighted by Crippen LogP contribution is 2.75. The first-order valence-corrected chi connectivity index (χ1v) is 16.7. The van der Waals surface area contributed by atoms with Gasteiger partial charge in [0.2, 0.25) is 5.91 Å². The highest BCUT2D eigenvalue weighted by atomic mass is 16.2. The van der Waals surface area contributed by atoms with Crippen LogP contribution in [0.5, 0.6) is 0 Å². The summed E-state index contributed by atoms with van der Waals surface area (Å²) >= 11 is 0. The van der Waals surface area contributed by atoms with Crippen LogP contribution in [0.1, 0.15) is 105 Å². The van der Waals surface area contributed by atoms with E-state index in [0.29, 0.717) is 6.42 Å². The fourth-order valence-corrected chi connectivity index (χ4v) is 11.8. The third kappa shape index (κ3) is 3.53. The molecule has 2 aromatic rings. The summed E-state index contributed by atoms with van der Waals surface area (Å²) in [4.78, 5) is 47.6. The van der Waals surface area contributed by atoms with E-state index in [1.54, 1.807) is 10.9 Å². The number of carbonyl (C=O) groups is 3. The number of nitriles is 1. The van der Waals surface area contributed by atoms with Gasteiger partial charge in [-0.3, -0.25) is 19.0 Å². The number of fused-ring (bicyclic) bond motifs is 8. The zero-order valence-electron chi connectivity index (χ0n) is 27.5. The summed E-state index contributed by atoms with van der Waals surface area (Å²) in [5.74, 6) is -0.587. The lowest BCUT2D eigenvalue weighted by atomic mass is 9.33. The second-order valence-electron chi connectivity index (χ2n) is 17.2. The first kappa shape index (κ1) is 29.6. The Balaban J connectivity index is 1.37. The third-order valence-corrected chi connectivity index (χ3v) is 14.4. The first-order valence-electron chi connectivity index (χ1n) is 16.7. The van der Waals surface area contributed by atoms with Crippen molar-refractivity contribution in [2.24, 2.45) is 56.2 Å². The fourth-order valence-electron chi connectivity index (χ4n) is 11.8. The minimum atomic E-state index is -0.657. The minimum absolute atomic E-state index is 0.0340. The molecule has 4 fully saturated rings. The summed E-state index contributed by atoms with van der Waals surface area (Å²) in [5, 5.41) is 10.1. The molecule has 44 heavy (non-hydrogen) atoms. The standard InChI is InChI=1S/C38H47N3O3/c1-33(2)14-16-38(32(44)41-22-40-25-10-8-9-11-26(25)41)17-15-37(7)30(24(38)20-33)27(42)18-29-35(5)19-23(21-39)31(43)34(3,4)28(35)12-13-36(29,37)6/h8-11,18,22-24,28,30H,12-17,19-20H2,1-7H3/t23?,24?,28-,30?,35-,36+,37+,38-/m0/s1. The van der Waals surface area contributed by atoms with Gasteiger partial charge in [0.1, 0.15) is 12.2 Å². The monoisotopic (exact) mass is 593 g/mol. The number of hydrogen-bond donors (Lipinski definition) is 0. The summed E-state index contributed by atoms with van der Waals surface area (Å²) in [6.45, 7) is 15.6. The van der Waals surface area contributed by atoms with Crippen molar-refractivity contribution >= 4 is 28.5 Å². The van der Waals surface area contributed by atoms with Crippen LogP contribution in [-0.4, -0.2) is 27.0 Å². The number of hydrogen-bond acceptors (Lipinski definition) is 5. The molecule has 0 aliphatic heterocycles. The molecule has 0 spiro atoms. The third-order valence-electron chi connectivity index (χ3n) is 14.4. The van der Waals surface area contributed by atoms with Crippen LogP contribution in [0.2, 0.25) is 0 Å². The Morgan fingerprint density at radius 3 is 2.39 bits per heavy atom. The number of nitrogens with zero attached hydrogens (tertiary/aromatic N) is 3. The molecule has 0 radical (unpaired) electrons. The van der Waals surface area contributed by atoms with Crippen LogP contribution in [0.15, 0.2) is 42.2 Å². The fraction of sp³-hybridized carbons (Fsp3) is 0.658. The SMILES string of the molecule is CC1(C)CC[C@]2(C(=O)n3cnc4ccccc43)CC[C@]3(C)C(C(=O)C=C4[C@@]5(C)CC(C#N)C(=O)C(C)(C)[C@@H]5CC[C@]43C)C2C1. The molecule has 0 bridgehead atoms. The van der Waals surface area contributed by atoms with Gasteiger partial charge in [-0.15, -0.1) is 0 Å². The van der Waals surface area contributed by atoms with Gasteiger partial charge < -0.3 is 0 Å². The van der Waals surface area contributed by atoms with Gasteiger partial charge in [-0.1, -0.05) is 66.2 Å². The van der Waals surface area contributed by atoms with Crippen molar-refractivity contribution < 1.29 is 14.4 Å². The number of imidazole rings is 1. The van der Waals surface area contributed by atoms with Crippen molar-refractivity contribution in [1.29, 1.82) is 5.26 Å². The quantitative estimate of drug-likeness (QED) is 0.334. The number of Topliss-reactive ketones (excluding diaryl/α,β-unsaturated/α-hetero) is 1. The highest BCUT2D eigenvalue weighted by Gasteiger charge is 2.71. The normalized spacial score (nSPS) is 42.3. The van der Waals surface area contributed by atoms with Crippen molar-refractivity contribution in [3.05, 3.63) is 42.2 Å². The van der Waals surface area contributed by atoms with Gasteiger partial charge in [0.15, 0.2) is 11.6 Å². The molecule has 0 saturated heterocycles. The summed E-state index contributed by atoms with van der Waals surface area (Å²) in [6, 6.07) is 10.2. The predicted molar refractivity (Wildman–Crippen MR) is 169 cm³/mol. The molecule has 1 aromatic carbocycles. The van der Waals surface area contributed by atoms with E-state index in [0.717, 1.165) is 56.0 Å². The molecule has 5 aliphatic rings. The van der Waals surface area contributed by atoms with Crippen molar-refractivity contribution in [3.63, 3.8) is 0 Å². The Morgan fingerprint density at radius 2 is 1.66 bits per heavy atom. The summed E-state index contributed by atoms with van der Waals surface area (Å²) in [5.41, 5.74) is 0.626. The Hall–Kier alpha value is -3.07. The summed E-state index contributed by atoms with van der Waals surface area (Å²) in [7, 11) is 0. The van der Waals surface area contributed by atoms with E-state index < -0.39 is 22.2 Å². The van der Waals surface area contributed by atoms with Crippen LogP contribution in [0.4, 0.5) is 0 Å². The second kappa shape index (κ2) is 9.02. The summed E-state index contributed by atoms with van der Waals surface area (Å²) < 4.78 is 1.77. The van der Waals surface area contributed by atoms with Crippen LogP contribution in [-0.2, 0) is 9.59 Å². The van der Waals surface area contributed by atoms with E-state index in [1.807, 2.05) is 44.2 Å². The van der Waals surface area contributed by atoms with E-state index in [9.17, 15) is 19.6 Å².